The average molecular weight is 435 g/mol. The van der Waals surface area contributed by atoms with Gasteiger partial charge in [0, 0.05) is 6.10 Å². The minimum absolute atomic E-state index is 0.122. The van der Waals surface area contributed by atoms with Crippen molar-refractivity contribution < 1.29 is 17.6 Å². The molecule has 0 aliphatic heterocycles. The molecule has 1 aromatic heterocycles. The molecule has 0 spiro atoms. The predicted molar refractivity (Wildman–Crippen MR) is 110 cm³/mol. The fourth-order valence-electron chi connectivity index (χ4n) is 2.88. The van der Waals surface area contributed by atoms with Crippen molar-refractivity contribution in [3.05, 3.63) is 17.3 Å². The van der Waals surface area contributed by atoms with Crippen molar-refractivity contribution in [1.82, 2.24) is 4.98 Å². The fourth-order valence-corrected chi connectivity index (χ4v) is 5.07. The molecule has 6 nitrogen and oxygen atoms in total. The summed E-state index contributed by atoms with van der Waals surface area (Å²) in [6.07, 6.45) is 5.63. The summed E-state index contributed by atoms with van der Waals surface area (Å²) in [6.45, 7) is 11.9. The highest BCUT2D eigenvalue weighted by Crippen LogP contribution is 2.39. The summed E-state index contributed by atoms with van der Waals surface area (Å²) in [7, 11) is -5.55. The van der Waals surface area contributed by atoms with Crippen LogP contribution in [-0.2, 0) is 14.4 Å². The average Bonchev–Trinajstić information content (AvgIpc) is 2.53. The van der Waals surface area contributed by atoms with Gasteiger partial charge < -0.3 is 9.16 Å². The van der Waals surface area contributed by atoms with Crippen molar-refractivity contribution in [1.29, 1.82) is 0 Å². The molecule has 9 heteroatoms. The van der Waals surface area contributed by atoms with Crippen molar-refractivity contribution in [3.63, 3.8) is 0 Å². The summed E-state index contributed by atoms with van der Waals surface area (Å²) < 4.78 is 34.9. The lowest BCUT2D eigenvalue weighted by Crippen LogP contribution is -2.44. The molecule has 1 aliphatic carbocycles. The summed E-state index contributed by atoms with van der Waals surface area (Å²) in [5.74, 6) is 0.656. The van der Waals surface area contributed by atoms with Gasteiger partial charge in [0.2, 0.25) is 15.9 Å². The SMILES string of the molecule is CC(C)(C)[Si](C)(C)O[C@H]1CC[C@H](COc2ncc(S(N)(=O)=O)cc2Cl)CC1. The van der Waals surface area contributed by atoms with Crippen molar-refractivity contribution in [2.24, 2.45) is 11.1 Å². The van der Waals surface area contributed by atoms with Gasteiger partial charge in [0.1, 0.15) is 9.92 Å². The first-order chi connectivity index (χ1) is 12.3. The number of aromatic nitrogens is 1. The Bertz CT molecular complexity index is 757. The molecular weight excluding hydrogens is 404 g/mol. The van der Waals surface area contributed by atoms with Crippen LogP contribution in [-0.4, -0.2) is 34.4 Å². The third kappa shape index (κ3) is 6.15. The second kappa shape index (κ2) is 8.37. The standard InChI is InChI=1S/C18H31ClN2O4SSi/c1-18(2,3)27(4,5)25-14-8-6-13(7-9-14)12-24-17-16(19)10-15(11-21-17)26(20,22)23/h10-11,13-14H,6-9,12H2,1-5H3,(H2,20,22,23)/t13-,14-. The van der Waals surface area contributed by atoms with E-state index in [1.54, 1.807) is 0 Å². The Morgan fingerprint density at radius 1 is 1.26 bits per heavy atom. The number of sulfonamides is 1. The Balaban J connectivity index is 1.85. The summed E-state index contributed by atoms with van der Waals surface area (Å²) >= 11 is 6.07. The van der Waals surface area contributed by atoms with Crippen LogP contribution in [0.1, 0.15) is 46.5 Å². The van der Waals surface area contributed by atoms with E-state index in [9.17, 15) is 8.42 Å². The molecule has 0 radical (unpaired) electrons. The van der Waals surface area contributed by atoms with Gasteiger partial charge in [-0.3, -0.25) is 0 Å². The molecule has 2 N–H and O–H groups in total. The summed E-state index contributed by atoms with van der Waals surface area (Å²) in [5, 5.41) is 5.44. The molecule has 0 aromatic carbocycles. The molecular formula is C18H31ClN2O4SSi. The highest BCUT2D eigenvalue weighted by atomic mass is 35.5. The number of hydrogen-bond donors (Lipinski definition) is 1. The third-order valence-corrected chi connectivity index (χ3v) is 11.3. The lowest BCUT2D eigenvalue weighted by Gasteiger charge is -2.41. The molecule has 0 bridgehead atoms. The van der Waals surface area contributed by atoms with Crippen molar-refractivity contribution in [3.8, 4) is 5.88 Å². The Kier molecular flexibility index (Phi) is 7.01. The van der Waals surface area contributed by atoms with Crippen LogP contribution in [0.3, 0.4) is 0 Å². The Hall–Kier alpha value is -0.673. The van der Waals surface area contributed by atoms with Gasteiger partial charge in [-0.15, -0.1) is 0 Å². The molecule has 0 atom stereocenters. The number of hydrogen-bond acceptors (Lipinski definition) is 5. The lowest BCUT2D eigenvalue weighted by molar-refractivity contribution is 0.0976. The summed E-state index contributed by atoms with van der Waals surface area (Å²) in [6, 6.07) is 1.27. The zero-order chi connectivity index (χ0) is 20.5. The molecule has 2 rings (SSSR count). The Labute approximate surface area is 169 Å². The maximum absolute atomic E-state index is 11.3. The van der Waals surface area contributed by atoms with Gasteiger partial charge >= 0.3 is 0 Å². The number of halogens is 1. The van der Waals surface area contributed by atoms with Crippen molar-refractivity contribution >= 4 is 29.9 Å². The summed E-state index contributed by atoms with van der Waals surface area (Å²) in [5.41, 5.74) is 0. The monoisotopic (exact) mass is 434 g/mol. The second-order valence-corrected chi connectivity index (χ2v) is 15.6. The molecule has 1 aromatic rings. The molecule has 0 unspecified atom stereocenters. The minimum atomic E-state index is -3.82. The van der Waals surface area contributed by atoms with Crippen molar-refractivity contribution in [2.45, 2.75) is 75.6 Å². The fraction of sp³-hybridized carbons (Fsp3) is 0.722. The van der Waals surface area contributed by atoms with E-state index >= 15 is 0 Å². The number of rotatable bonds is 6. The number of primary sulfonamides is 1. The molecule has 1 heterocycles. The van der Waals surface area contributed by atoms with Crippen LogP contribution in [0.2, 0.25) is 23.2 Å². The number of ether oxygens (including phenoxy) is 1. The van der Waals surface area contributed by atoms with Gasteiger partial charge in [0.05, 0.1) is 12.8 Å². The normalized spacial score (nSPS) is 21.9. The molecule has 0 amide bonds. The maximum Gasteiger partial charge on any atom is 0.239 e. The van der Waals surface area contributed by atoms with E-state index in [1.807, 2.05) is 0 Å². The van der Waals surface area contributed by atoms with Crippen LogP contribution in [0.5, 0.6) is 5.88 Å². The molecule has 1 saturated carbocycles. The minimum Gasteiger partial charge on any atom is -0.476 e. The lowest BCUT2D eigenvalue weighted by atomic mass is 9.88. The zero-order valence-corrected chi connectivity index (χ0v) is 19.4. The molecule has 1 fully saturated rings. The number of nitrogens with two attached hydrogens (primary N) is 1. The molecule has 27 heavy (non-hydrogen) atoms. The van der Waals surface area contributed by atoms with Crippen LogP contribution >= 0.6 is 11.6 Å². The van der Waals surface area contributed by atoms with Crippen LogP contribution < -0.4 is 9.88 Å². The van der Waals surface area contributed by atoms with Gasteiger partial charge in [-0.05, 0) is 55.8 Å². The van der Waals surface area contributed by atoms with E-state index < -0.39 is 18.3 Å². The van der Waals surface area contributed by atoms with Crippen LogP contribution in [0.4, 0.5) is 0 Å². The number of nitrogens with zero attached hydrogens (tertiary/aromatic N) is 1. The largest absolute Gasteiger partial charge is 0.476 e. The highest BCUT2D eigenvalue weighted by molar-refractivity contribution is 7.89. The van der Waals surface area contributed by atoms with Crippen LogP contribution in [0.25, 0.3) is 0 Å². The molecule has 1 aliphatic rings. The molecule has 0 saturated heterocycles. The Morgan fingerprint density at radius 2 is 1.85 bits per heavy atom. The zero-order valence-electron chi connectivity index (χ0n) is 16.8. The van der Waals surface area contributed by atoms with Gasteiger partial charge in [0.15, 0.2) is 8.32 Å². The topological polar surface area (TPSA) is 91.5 Å². The van der Waals surface area contributed by atoms with E-state index in [1.165, 1.54) is 12.3 Å². The highest BCUT2D eigenvalue weighted by Gasteiger charge is 2.39. The Morgan fingerprint density at radius 3 is 2.33 bits per heavy atom. The first-order valence-electron chi connectivity index (χ1n) is 9.28. The van der Waals surface area contributed by atoms with Gasteiger partial charge in [0.25, 0.3) is 0 Å². The van der Waals surface area contributed by atoms with Gasteiger partial charge in [-0.25, -0.2) is 18.5 Å². The van der Waals surface area contributed by atoms with E-state index in [0.717, 1.165) is 25.7 Å². The van der Waals surface area contributed by atoms with E-state index in [0.29, 0.717) is 18.6 Å². The smallest absolute Gasteiger partial charge is 0.239 e. The van der Waals surface area contributed by atoms with E-state index in [-0.39, 0.29) is 20.8 Å². The second-order valence-electron chi connectivity index (χ2n) is 8.83. The van der Waals surface area contributed by atoms with Crippen LogP contribution in [0.15, 0.2) is 17.2 Å². The van der Waals surface area contributed by atoms with Crippen LogP contribution in [0, 0.1) is 5.92 Å². The first-order valence-corrected chi connectivity index (χ1v) is 14.1. The van der Waals surface area contributed by atoms with Gasteiger partial charge in [-0.1, -0.05) is 32.4 Å². The first kappa shape index (κ1) is 22.6. The van der Waals surface area contributed by atoms with Gasteiger partial charge in [-0.2, -0.15) is 0 Å². The van der Waals surface area contributed by atoms with E-state index in [2.05, 4.69) is 38.8 Å². The van der Waals surface area contributed by atoms with Crippen molar-refractivity contribution in [2.75, 3.05) is 6.61 Å². The molecule has 154 valence electrons. The number of pyridine rings is 1. The quantitative estimate of drug-likeness (QED) is 0.672. The van der Waals surface area contributed by atoms with E-state index in [4.69, 9.17) is 25.9 Å². The summed E-state index contributed by atoms with van der Waals surface area (Å²) in [4.78, 5) is 3.86. The maximum atomic E-state index is 11.3. The third-order valence-electron chi connectivity index (χ3n) is 5.63. The predicted octanol–water partition coefficient (Wildman–Crippen LogP) is 4.34.